The predicted molar refractivity (Wildman–Crippen MR) is 199 cm³/mol. The molecule has 6 rings (SSSR count). The van der Waals surface area contributed by atoms with Gasteiger partial charge in [-0.05, 0) is 123 Å². The third kappa shape index (κ3) is 8.17. The smallest absolute Gasteiger partial charge is 0.0620 e. The minimum absolute atomic E-state index is 0. The predicted octanol–water partition coefficient (Wildman–Crippen LogP) is 8.74. The Morgan fingerprint density at radius 1 is 0.244 bits per heavy atom. The van der Waals surface area contributed by atoms with E-state index in [9.17, 15) is 0 Å². The summed E-state index contributed by atoms with van der Waals surface area (Å²) in [5.74, 6) is 0. The minimum atomic E-state index is -0.508. The first-order valence-corrected chi connectivity index (χ1v) is 18.0. The number of aryl methyl sites for hydroxylation is 6. The number of benzene rings is 6. The molecule has 0 spiro atoms. The molecule has 0 unspecified atom stereocenters. The molecule has 0 aliphatic carbocycles. The van der Waals surface area contributed by atoms with Crippen LogP contribution < -0.4 is 31.8 Å². The monoisotopic (exact) mass is 714 g/mol. The standard InChI is InChI=1S/2C21H21P.Pd/c2*1-16-10-4-7-13-19(16)22(20-14-8-5-11-17(20)2)21-15-9-6-12-18(21)3;/h2*4-15H,1-3H3;/q;;+2. The van der Waals surface area contributed by atoms with Crippen molar-refractivity contribution in [3.05, 3.63) is 179 Å². The minimum Gasteiger partial charge on any atom is -0.0620 e. The molecule has 0 saturated heterocycles. The second-order valence-corrected chi connectivity index (χ2v) is 15.6. The summed E-state index contributed by atoms with van der Waals surface area (Å²) in [5, 5.41) is 8.76. The van der Waals surface area contributed by atoms with E-state index in [-0.39, 0.29) is 20.4 Å². The van der Waals surface area contributed by atoms with Gasteiger partial charge >= 0.3 is 20.4 Å². The van der Waals surface area contributed by atoms with Crippen molar-refractivity contribution in [3.8, 4) is 0 Å². The van der Waals surface area contributed by atoms with Crippen LogP contribution in [0, 0.1) is 41.5 Å². The van der Waals surface area contributed by atoms with Gasteiger partial charge < -0.3 is 0 Å². The molecule has 228 valence electrons. The van der Waals surface area contributed by atoms with Gasteiger partial charge in [-0.25, -0.2) is 0 Å². The molecular formula is C42H42P2Pd+2. The SMILES string of the molecule is Cc1ccccc1P(c1ccccc1C)c1ccccc1C.Cc1ccccc1P(c1ccccc1C)c1ccccc1C.[Pd+2]. The average molecular weight is 715 g/mol. The number of hydrogen-bond acceptors (Lipinski definition) is 0. The summed E-state index contributed by atoms with van der Waals surface area (Å²) in [6.07, 6.45) is 0. The fourth-order valence-electron chi connectivity index (χ4n) is 5.66. The summed E-state index contributed by atoms with van der Waals surface area (Å²) in [7, 11) is -1.02. The molecule has 0 saturated carbocycles. The largest absolute Gasteiger partial charge is 2.00 e. The van der Waals surface area contributed by atoms with Crippen molar-refractivity contribution >= 4 is 47.7 Å². The normalized spacial score (nSPS) is 10.7. The zero-order valence-corrected chi connectivity index (χ0v) is 30.4. The summed E-state index contributed by atoms with van der Waals surface area (Å²) in [5.41, 5.74) is 8.25. The molecule has 6 aromatic rings. The molecule has 0 nitrogen and oxygen atoms in total. The third-order valence-corrected chi connectivity index (χ3v) is 14.0. The average Bonchev–Trinajstić information content (AvgIpc) is 3.03. The van der Waals surface area contributed by atoms with E-state index in [0.717, 1.165) is 0 Å². The molecule has 3 heteroatoms. The maximum atomic E-state index is 2.29. The Morgan fingerprint density at radius 3 is 0.511 bits per heavy atom. The van der Waals surface area contributed by atoms with Gasteiger partial charge in [0.25, 0.3) is 0 Å². The van der Waals surface area contributed by atoms with E-state index in [2.05, 4.69) is 187 Å². The fraction of sp³-hybridized carbons (Fsp3) is 0.143. The molecule has 6 aromatic carbocycles. The van der Waals surface area contributed by atoms with Crippen molar-refractivity contribution in [1.29, 1.82) is 0 Å². The molecule has 0 aliphatic heterocycles. The first-order chi connectivity index (χ1) is 21.4. The second-order valence-electron chi connectivity index (χ2n) is 11.4. The Morgan fingerprint density at radius 2 is 0.378 bits per heavy atom. The van der Waals surface area contributed by atoms with E-state index in [1.807, 2.05) is 0 Å². The fourth-order valence-corrected chi connectivity index (χ4v) is 11.2. The van der Waals surface area contributed by atoms with Gasteiger partial charge in [0.1, 0.15) is 0 Å². The van der Waals surface area contributed by atoms with Crippen molar-refractivity contribution in [2.24, 2.45) is 0 Å². The third-order valence-electron chi connectivity index (χ3n) is 8.14. The summed E-state index contributed by atoms with van der Waals surface area (Å²) in [4.78, 5) is 0. The first-order valence-electron chi connectivity index (χ1n) is 15.3. The van der Waals surface area contributed by atoms with Gasteiger partial charge in [0, 0.05) is 0 Å². The Balaban J connectivity index is 0.000000200. The quantitative estimate of drug-likeness (QED) is 0.120. The van der Waals surface area contributed by atoms with Crippen molar-refractivity contribution in [3.63, 3.8) is 0 Å². The van der Waals surface area contributed by atoms with Crippen LogP contribution >= 0.6 is 15.8 Å². The van der Waals surface area contributed by atoms with E-state index < -0.39 is 15.8 Å². The summed E-state index contributed by atoms with van der Waals surface area (Å²) >= 11 is 0. The van der Waals surface area contributed by atoms with Crippen LogP contribution in [0.1, 0.15) is 33.4 Å². The molecule has 0 atom stereocenters. The van der Waals surface area contributed by atoms with Crippen LogP contribution in [-0.4, -0.2) is 0 Å². The van der Waals surface area contributed by atoms with Crippen LogP contribution in [0.2, 0.25) is 0 Å². The topological polar surface area (TPSA) is 0 Å². The number of hydrogen-bond donors (Lipinski definition) is 0. The molecule has 0 amide bonds. The Hall–Kier alpha value is -3.16. The van der Waals surface area contributed by atoms with E-state index in [1.54, 1.807) is 0 Å². The molecule has 0 N–H and O–H groups in total. The van der Waals surface area contributed by atoms with Crippen LogP contribution in [0.15, 0.2) is 146 Å². The Kier molecular flexibility index (Phi) is 12.7. The van der Waals surface area contributed by atoms with Gasteiger partial charge in [-0.15, -0.1) is 0 Å². The van der Waals surface area contributed by atoms with E-state index in [0.29, 0.717) is 0 Å². The van der Waals surface area contributed by atoms with Gasteiger partial charge in [-0.3, -0.25) is 0 Å². The van der Waals surface area contributed by atoms with Gasteiger partial charge in [0.2, 0.25) is 0 Å². The van der Waals surface area contributed by atoms with Crippen LogP contribution in [0.4, 0.5) is 0 Å². The van der Waals surface area contributed by atoms with Crippen LogP contribution in [0.3, 0.4) is 0 Å². The molecule has 0 fully saturated rings. The van der Waals surface area contributed by atoms with Crippen LogP contribution in [0.5, 0.6) is 0 Å². The van der Waals surface area contributed by atoms with E-state index >= 15 is 0 Å². The Bertz CT molecular complexity index is 1510. The Labute approximate surface area is 287 Å². The first kappa shape index (κ1) is 34.7. The van der Waals surface area contributed by atoms with Crippen LogP contribution in [0.25, 0.3) is 0 Å². The second kappa shape index (κ2) is 16.4. The van der Waals surface area contributed by atoms with Gasteiger partial charge in [0.05, 0.1) is 0 Å². The van der Waals surface area contributed by atoms with Gasteiger partial charge in [-0.2, -0.15) is 0 Å². The molecule has 0 aromatic heterocycles. The van der Waals surface area contributed by atoms with Crippen molar-refractivity contribution in [2.75, 3.05) is 0 Å². The molecule has 45 heavy (non-hydrogen) atoms. The summed E-state index contributed by atoms with van der Waals surface area (Å²) in [6, 6.07) is 52.8. The number of rotatable bonds is 6. The summed E-state index contributed by atoms with van der Waals surface area (Å²) in [6.45, 7) is 13.3. The molecule has 0 radical (unpaired) electrons. The zero-order valence-electron chi connectivity index (χ0n) is 27.1. The zero-order chi connectivity index (χ0) is 31.1. The van der Waals surface area contributed by atoms with Crippen LogP contribution in [-0.2, 0) is 20.4 Å². The van der Waals surface area contributed by atoms with E-state index in [4.69, 9.17) is 0 Å². The summed E-state index contributed by atoms with van der Waals surface area (Å²) < 4.78 is 0. The molecular weight excluding hydrogens is 673 g/mol. The maximum Gasteiger partial charge on any atom is 2.00 e. The van der Waals surface area contributed by atoms with Crippen molar-refractivity contribution in [1.82, 2.24) is 0 Å². The molecule has 0 bridgehead atoms. The van der Waals surface area contributed by atoms with E-state index in [1.165, 1.54) is 65.2 Å². The maximum absolute atomic E-state index is 2.29. The van der Waals surface area contributed by atoms with Gasteiger partial charge in [0.15, 0.2) is 0 Å². The molecule has 0 aliphatic rings. The molecule has 0 heterocycles. The van der Waals surface area contributed by atoms with Gasteiger partial charge in [-0.1, -0.05) is 146 Å². The van der Waals surface area contributed by atoms with Crippen molar-refractivity contribution < 1.29 is 20.4 Å². The van der Waals surface area contributed by atoms with Crippen molar-refractivity contribution in [2.45, 2.75) is 41.5 Å².